The summed E-state index contributed by atoms with van der Waals surface area (Å²) in [5.74, 6) is -0.942. The van der Waals surface area contributed by atoms with E-state index in [0.29, 0.717) is 23.1 Å². The summed E-state index contributed by atoms with van der Waals surface area (Å²) in [5.41, 5.74) is 12.8. The summed E-state index contributed by atoms with van der Waals surface area (Å²) in [5, 5.41) is 0. The normalized spacial score (nSPS) is 13.6. The third-order valence-electron chi connectivity index (χ3n) is 4.14. The summed E-state index contributed by atoms with van der Waals surface area (Å²) in [6, 6.07) is 10.2. The van der Waals surface area contributed by atoms with E-state index < -0.39 is 17.6 Å². The van der Waals surface area contributed by atoms with E-state index in [4.69, 9.17) is 11.5 Å². The summed E-state index contributed by atoms with van der Waals surface area (Å²) in [4.78, 5) is 15.6. The number of benzene rings is 2. The van der Waals surface area contributed by atoms with E-state index in [0.717, 1.165) is 24.1 Å². The summed E-state index contributed by atoms with van der Waals surface area (Å²) in [7, 11) is 0. The monoisotopic (exact) mass is 359 g/mol. The molecule has 0 aromatic heterocycles. The van der Waals surface area contributed by atoms with Gasteiger partial charge in [-0.25, -0.2) is 0 Å². The van der Waals surface area contributed by atoms with E-state index in [2.05, 4.69) is 4.99 Å². The molecule has 2 aromatic rings. The lowest BCUT2D eigenvalue weighted by Gasteiger charge is -2.20. The summed E-state index contributed by atoms with van der Waals surface area (Å²) in [6.45, 7) is 0. The number of hydrogen-bond donors (Lipinski definition) is 2. The van der Waals surface area contributed by atoms with Crippen molar-refractivity contribution in [2.24, 2.45) is 16.5 Å². The number of rotatable bonds is 2. The van der Waals surface area contributed by atoms with Crippen LogP contribution in [0.25, 0.3) is 5.57 Å². The molecule has 3 rings (SSSR count). The molecule has 0 bridgehead atoms. The summed E-state index contributed by atoms with van der Waals surface area (Å²) in [6.07, 6.45) is -1.08. The van der Waals surface area contributed by atoms with Crippen LogP contribution in [0.4, 0.5) is 13.2 Å². The third-order valence-corrected chi connectivity index (χ3v) is 4.14. The van der Waals surface area contributed by atoms with Crippen LogP contribution in [0.15, 0.2) is 53.5 Å². The average molecular weight is 359 g/mol. The van der Waals surface area contributed by atoms with Gasteiger partial charge in [-0.15, -0.1) is 0 Å². The van der Waals surface area contributed by atoms with E-state index in [1.165, 1.54) is 6.07 Å². The predicted molar refractivity (Wildman–Crippen MR) is 93.4 cm³/mol. The Labute approximate surface area is 148 Å². The highest BCUT2D eigenvalue weighted by Gasteiger charge is 2.31. The van der Waals surface area contributed by atoms with Crippen LogP contribution in [0.1, 0.15) is 39.0 Å². The number of guanidine groups is 1. The highest BCUT2D eigenvalue weighted by molar-refractivity contribution is 6.02. The van der Waals surface area contributed by atoms with Gasteiger partial charge in [0.1, 0.15) is 0 Å². The summed E-state index contributed by atoms with van der Waals surface area (Å²) >= 11 is 0. The van der Waals surface area contributed by atoms with Crippen molar-refractivity contribution in [3.63, 3.8) is 0 Å². The minimum atomic E-state index is -4.42. The lowest BCUT2D eigenvalue weighted by molar-refractivity contribution is -0.137. The van der Waals surface area contributed by atoms with Gasteiger partial charge < -0.3 is 11.5 Å². The molecule has 0 spiro atoms. The highest BCUT2D eigenvalue weighted by Crippen LogP contribution is 2.36. The zero-order valence-corrected chi connectivity index (χ0v) is 13.7. The first-order valence-corrected chi connectivity index (χ1v) is 7.91. The molecule has 1 aliphatic rings. The van der Waals surface area contributed by atoms with Gasteiger partial charge >= 0.3 is 6.18 Å². The molecule has 0 atom stereocenters. The molecule has 0 saturated carbocycles. The SMILES string of the molecule is NC(N)=NC(=O)c1ccc2c(c1)C(c1cccc(C(F)(F)F)c1)=CCC2. The smallest absolute Gasteiger partial charge is 0.370 e. The standard InChI is InChI=1S/C19H16F3N3O/c20-19(21,22)14-5-1-4-12(9-14)15-6-2-3-11-7-8-13(10-16(11)15)17(26)25-18(23)24/h1,4-10H,2-3H2,(H4,23,24,25,26). The molecule has 134 valence electrons. The minimum absolute atomic E-state index is 0.275. The van der Waals surface area contributed by atoms with Crippen LogP contribution in [0.3, 0.4) is 0 Å². The predicted octanol–water partition coefficient (Wildman–Crippen LogP) is 3.50. The van der Waals surface area contributed by atoms with Crippen LogP contribution in [0.5, 0.6) is 0 Å². The molecule has 26 heavy (non-hydrogen) atoms. The van der Waals surface area contributed by atoms with Crippen LogP contribution in [0, 0.1) is 0 Å². The Morgan fingerprint density at radius 1 is 1.08 bits per heavy atom. The number of fused-ring (bicyclic) bond motifs is 1. The quantitative estimate of drug-likeness (QED) is 0.636. The molecule has 0 saturated heterocycles. The van der Waals surface area contributed by atoms with Gasteiger partial charge in [0.2, 0.25) is 0 Å². The number of carbonyl (C=O) groups is 1. The number of amides is 1. The first-order chi connectivity index (χ1) is 12.3. The number of carbonyl (C=O) groups excluding carboxylic acids is 1. The van der Waals surface area contributed by atoms with Crippen LogP contribution in [-0.4, -0.2) is 11.9 Å². The maximum absolute atomic E-state index is 13.0. The van der Waals surface area contributed by atoms with Gasteiger partial charge in [-0.3, -0.25) is 4.79 Å². The molecule has 7 heteroatoms. The maximum atomic E-state index is 13.0. The minimum Gasteiger partial charge on any atom is -0.370 e. The van der Waals surface area contributed by atoms with E-state index >= 15 is 0 Å². The first-order valence-electron chi connectivity index (χ1n) is 7.91. The average Bonchev–Trinajstić information content (AvgIpc) is 2.59. The number of nitrogens with zero attached hydrogens (tertiary/aromatic N) is 1. The molecule has 0 fully saturated rings. The number of aryl methyl sites for hydroxylation is 1. The second-order valence-corrected chi connectivity index (χ2v) is 5.95. The molecule has 1 amide bonds. The van der Waals surface area contributed by atoms with Crippen molar-refractivity contribution in [2.75, 3.05) is 0 Å². The Morgan fingerprint density at radius 3 is 2.54 bits per heavy atom. The topological polar surface area (TPSA) is 81.5 Å². The lowest BCUT2D eigenvalue weighted by Crippen LogP contribution is -2.24. The fourth-order valence-corrected chi connectivity index (χ4v) is 2.98. The zero-order valence-electron chi connectivity index (χ0n) is 13.7. The Balaban J connectivity index is 2.06. The van der Waals surface area contributed by atoms with Crippen molar-refractivity contribution in [2.45, 2.75) is 19.0 Å². The molecular weight excluding hydrogens is 343 g/mol. The lowest BCUT2D eigenvalue weighted by atomic mass is 9.85. The van der Waals surface area contributed by atoms with E-state index in [9.17, 15) is 18.0 Å². The fourth-order valence-electron chi connectivity index (χ4n) is 2.98. The second kappa shape index (κ2) is 6.67. The van der Waals surface area contributed by atoms with Gasteiger partial charge in [0.15, 0.2) is 5.96 Å². The summed E-state index contributed by atoms with van der Waals surface area (Å²) < 4.78 is 39.1. The highest BCUT2D eigenvalue weighted by atomic mass is 19.4. The zero-order chi connectivity index (χ0) is 18.9. The van der Waals surface area contributed by atoms with Crippen LogP contribution >= 0.6 is 0 Å². The number of allylic oxidation sites excluding steroid dienone is 1. The number of nitrogens with two attached hydrogens (primary N) is 2. The van der Waals surface area contributed by atoms with Crippen molar-refractivity contribution in [3.05, 3.63) is 76.4 Å². The Bertz CT molecular complexity index is 926. The van der Waals surface area contributed by atoms with Crippen molar-refractivity contribution in [1.82, 2.24) is 0 Å². The molecule has 0 unspecified atom stereocenters. The van der Waals surface area contributed by atoms with E-state index in [-0.39, 0.29) is 11.5 Å². The van der Waals surface area contributed by atoms with Crippen LogP contribution < -0.4 is 11.5 Å². The fraction of sp³-hybridized carbons (Fsp3) is 0.158. The van der Waals surface area contributed by atoms with Crippen molar-refractivity contribution >= 4 is 17.4 Å². The molecule has 0 aliphatic heterocycles. The van der Waals surface area contributed by atoms with Crippen LogP contribution in [-0.2, 0) is 12.6 Å². The number of aliphatic imine (C=N–C) groups is 1. The van der Waals surface area contributed by atoms with Gasteiger partial charge in [-0.2, -0.15) is 18.2 Å². The largest absolute Gasteiger partial charge is 0.416 e. The van der Waals surface area contributed by atoms with Gasteiger partial charge in [0, 0.05) is 5.56 Å². The van der Waals surface area contributed by atoms with E-state index in [1.807, 2.05) is 6.08 Å². The van der Waals surface area contributed by atoms with Gasteiger partial charge in [0.25, 0.3) is 5.91 Å². The Kier molecular flexibility index (Phi) is 4.54. The van der Waals surface area contributed by atoms with Gasteiger partial charge in [-0.05, 0) is 59.4 Å². The molecular formula is C19H16F3N3O. The van der Waals surface area contributed by atoms with Gasteiger partial charge in [-0.1, -0.05) is 24.3 Å². The number of hydrogen-bond acceptors (Lipinski definition) is 1. The van der Waals surface area contributed by atoms with Crippen molar-refractivity contribution in [1.29, 1.82) is 0 Å². The van der Waals surface area contributed by atoms with E-state index in [1.54, 1.807) is 24.3 Å². The number of halogens is 3. The van der Waals surface area contributed by atoms with Gasteiger partial charge in [0.05, 0.1) is 5.56 Å². The van der Waals surface area contributed by atoms with Crippen LogP contribution in [0.2, 0.25) is 0 Å². The number of alkyl halides is 3. The third kappa shape index (κ3) is 3.61. The molecule has 0 radical (unpaired) electrons. The first kappa shape index (κ1) is 17.7. The molecule has 1 aliphatic carbocycles. The second-order valence-electron chi connectivity index (χ2n) is 5.95. The Hall–Kier alpha value is -3.09. The Morgan fingerprint density at radius 2 is 1.85 bits per heavy atom. The van der Waals surface area contributed by atoms with Crippen molar-refractivity contribution in [3.8, 4) is 0 Å². The molecule has 0 heterocycles. The molecule has 2 aromatic carbocycles. The molecule has 4 nitrogen and oxygen atoms in total. The van der Waals surface area contributed by atoms with Crippen molar-refractivity contribution < 1.29 is 18.0 Å². The molecule has 4 N–H and O–H groups in total. The maximum Gasteiger partial charge on any atom is 0.416 e.